The maximum Gasteiger partial charge on any atom is 0.408 e. The van der Waals surface area contributed by atoms with Gasteiger partial charge in [-0.3, -0.25) is 4.79 Å². The first-order valence-electron chi connectivity index (χ1n) is 12.9. The molecule has 0 saturated carbocycles. The van der Waals surface area contributed by atoms with Gasteiger partial charge in [0.1, 0.15) is 11.8 Å². The number of aryl methyl sites for hydroxylation is 2. The van der Waals surface area contributed by atoms with Gasteiger partial charge in [-0.1, -0.05) is 52.8 Å². The number of halogens is 3. The van der Waals surface area contributed by atoms with E-state index < -0.39 is 18.1 Å². The van der Waals surface area contributed by atoms with Crippen molar-refractivity contribution in [3.8, 4) is 0 Å². The Bertz CT molecular complexity index is 718. The Hall–Kier alpha value is -1.54. The summed E-state index contributed by atoms with van der Waals surface area (Å²) in [6, 6.07) is 5.09. The topological polar surface area (TPSA) is 57.6 Å². The van der Waals surface area contributed by atoms with Crippen LogP contribution in [0.3, 0.4) is 0 Å². The summed E-state index contributed by atoms with van der Waals surface area (Å²) in [5.41, 5.74) is 4.10. The molecule has 0 aromatic heterocycles. The van der Waals surface area contributed by atoms with E-state index in [0.717, 1.165) is 17.7 Å². The lowest BCUT2D eigenvalue weighted by molar-refractivity contribution is -0.182. The van der Waals surface area contributed by atoms with Gasteiger partial charge in [-0.25, -0.2) is 0 Å². The second-order valence-electron chi connectivity index (χ2n) is 8.53. The van der Waals surface area contributed by atoms with Gasteiger partial charge in [-0.05, 0) is 77.0 Å². The molecule has 4 nitrogen and oxygen atoms in total. The number of nitrogens with zero attached hydrogens (tertiary/aromatic N) is 1. The second kappa shape index (κ2) is 21.5. The molecule has 1 aliphatic rings. The number of hydrogen-bond acceptors (Lipinski definition) is 4. The van der Waals surface area contributed by atoms with Crippen molar-refractivity contribution in [1.29, 1.82) is 0 Å². The first kappa shape index (κ1) is 39.0. The number of likely N-dealkylation sites (tertiary alicyclic amines) is 1. The summed E-state index contributed by atoms with van der Waals surface area (Å²) in [4.78, 5) is 21.5. The van der Waals surface area contributed by atoms with Crippen LogP contribution in [0.25, 0.3) is 0 Å². The number of ketones is 1. The van der Waals surface area contributed by atoms with E-state index in [4.69, 9.17) is 5.11 Å². The molecule has 1 aliphatic heterocycles. The molecule has 36 heavy (non-hydrogen) atoms. The Morgan fingerprint density at radius 1 is 1.14 bits per heavy atom. The zero-order valence-corrected chi connectivity index (χ0v) is 24.9. The molecule has 1 aromatic rings. The van der Waals surface area contributed by atoms with Crippen LogP contribution in [0.5, 0.6) is 0 Å². The van der Waals surface area contributed by atoms with Gasteiger partial charge >= 0.3 is 6.18 Å². The average Bonchev–Trinajstić information content (AvgIpc) is 3.31. The molecule has 0 aliphatic carbocycles. The molecule has 1 aromatic carbocycles. The first-order valence-corrected chi connectivity index (χ1v) is 13.4. The minimum Gasteiger partial charge on any atom is -0.393 e. The van der Waals surface area contributed by atoms with Crippen molar-refractivity contribution in [3.05, 3.63) is 34.9 Å². The van der Waals surface area contributed by atoms with Crippen LogP contribution in [-0.2, 0) is 16.0 Å². The molecule has 1 saturated heterocycles. The number of benzene rings is 1. The quantitative estimate of drug-likeness (QED) is 0.384. The number of carbonyl (C=O) groups is 2. The van der Waals surface area contributed by atoms with E-state index in [-0.39, 0.29) is 31.3 Å². The molecule has 0 unspecified atom stereocenters. The van der Waals surface area contributed by atoms with E-state index >= 15 is 0 Å². The van der Waals surface area contributed by atoms with Crippen molar-refractivity contribution in [2.45, 2.75) is 125 Å². The summed E-state index contributed by atoms with van der Waals surface area (Å²) >= 11 is 4.44. The van der Waals surface area contributed by atoms with E-state index in [2.05, 4.69) is 51.6 Å². The number of thiol groups is 1. The Balaban J connectivity index is -0.000000435. The van der Waals surface area contributed by atoms with Crippen molar-refractivity contribution in [2.24, 2.45) is 0 Å². The minimum atomic E-state index is -4.26. The summed E-state index contributed by atoms with van der Waals surface area (Å²) in [5.74, 6) is -0.236. The fourth-order valence-electron chi connectivity index (χ4n) is 2.97. The Kier molecular flexibility index (Phi) is 23.3. The van der Waals surface area contributed by atoms with E-state index in [0.29, 0.717) is 11.7 Å². The average molecular weight is 538 g/mol. The van der Waals surface area contributed by atoms with Gasteiger partial charge in [0, 0.05) is 18.2 Å². The molecule has 0 bridgehead atoms. The van der Waals surface area contributed by atoms with Crippen molar-refractivity contribution in [2.75, 3.05) is 6.54 Å². The van der Waals surface area contributed by atoms with Crippen LogP contribution < -0.4 is 0 Å². The maximum absolute atomic E-state index is 12.3. The highest BCUT2D eigenvalue weighted by Gasteiger charge is 2.47. The molecule has 1 N–H and O–H groups in total. The number of rotatable bonds is 4. The highest BCUT2D eigenvalue weighted by Crippen LogP contribution is 2.32. The number of Topliss-reactive ketones (excluding diaryl/α,β-unsaturated/α-hetero) is 1. The van der Waals surface area contributed by atoms with Gasteiger partial charge in [-0.15, -0.1) is 0 Å². The predicted molar refractivity (Wildman–Crippen MR) is 149 cm³/mol. The number of carbonyl (C=O) groups excluding carboxylic acids is 2. The standard InChI is InChI=1S/C11H16S.C8H12F3NO.C4H10O.C3H6O.C2H6/c1-4-10-6-5-8(2)11(7-10)9(3)12;1-2-7(13)12-5-3-4-6(12)8(9,10)11;1-3-4(2)5;1-3(2)4;1-2/h5-7,9,12H,4H2,1-3H3;6H,2-5H2,1H3;4-5H,3H2,1-2H3;1-2H3;1-2H3/t9-;6-;4-;;/m110../s1. The van der Waals surface area contributed by atoms with Crippen LogP contribution in [0.15, 0.2) is 18.2 Å². The van der Waals surface area contributed by atoms with Crippen molar-refractivity contribution in [3.63, 3.8) is 0 Å². The van der Waals surface area contributed by atoms with Crippen LogP contribution >= 0.6 is 12.6 Å². The van der Waals surface area contributed by atoms with Gasteiger partial charge in [-0.2, -0.15) is 25.8 Å². The molecular weight excluding hydrogens is 487 g/mol. The number of amides is 1. The monoisotopic (exact) mass is 537 g/mol. The third kappa shape index (κ3) is 18.7. The number of hydrogen-bond donors (Lipinski definition) is 2. The molecule has 3 atom stereocenters. The third-order valence-electron chi connectivity index (χ3n) is 5.05. The van der Waals surface area contributed by atoms with E-state index in [9.17, 15) is 22.8 Å². The number of aliphatic hydroxyl groups excluding tert-OH is 1. The highest BCUT2D eigenvalue weighted by molar-refractivity contribution is 7.80. The molecule has 2 rings (SSSR count). The van der Waals surface area contributed by atoms with E-state index in [1.165, 1.54) is 30.5 Å². The Labute approximate surface area is 223 Å². The first-order chi connectivity index (χ1) is 16.6. The zero-order chi connectivity index (χ0) is 29.1. The summed E-state index contributed by atoms with van der Waals surface area (Å²) in [7, 11) is 0. The molecule has 1 heterocycles. The predicted octanol–water partition coefficient (Wildman–Crippen LogP) is 7.90. The lowest BCUT2D eigenvalue weighted by Gasteiger charge is -2.26. The molecule has 212 valence electrons. The van der Waals surface area contributed by atoms with Crippen molar-refractivity contribution in [1.82, 2.24) is 4.90 Å². The zero-order valence-electron chi connectivity index (χ0n) is 24.0. The van der Waals surface area contributed by atoms with Crippen molar-refractivity contribution >= 4 is 24.3 Å². The fourth-order valence-corrected chi connectivity index (χ4v) is 3.25. The SMILES string of the molecule is CC.CC(C)=O.CCC(=O)N1CCC[C@@H]1C(F)(F)F.CC[C@H](C)O.CCc1ccc(C)c([C@@H](C)S)c1. The summed E-state index contributed by atoms with van der Waals surface area (Å²) < 4.78 is 36.9. The molecule has 1 amide bonds. The summed E-state index contributed by atoms with van der Waals surface area (Å²) in [6.07, 6.45) is -1.76. The molecular formula is C28H50F3NO3S. The number of aliphatic hydroxyl groups is 1. The van der Waals surface area contributed by atoms with Gasteiger partial charge in [0.05, 0.1) is 6.10 Å². The largest absolute Gasteiger partial charge is 0.408 e. The van der Waals surface area contributed by atoms with E-state index in [1.54, 1.807) is 13.8 Å². The van der Waals surface area contributed by atoms with Crippen LogP contribution in [0, 0.1) is 6.92 Å². The smallest absolute Gasteiger partial charge is 0.393 e. The fraction of sp³-hybridized carbons (Fsp3) is 0.714. The van der Waals surface area contributed by atoms with E-state index in [1.807, 2.05) is 20.8 Å². The summed E-state index contributed by atoms with van der Waals surface area (Å²) in [5, 5.41) is 8.71. The lowest BCUT2D eigenvalue weighted by Crippen LogP contribution is -2.44. The number of alkyl halides is 3. The minimum absolute atomic E-state index is 0.0508. The molecule has 0 radical (unpaired) electrons. The lowest BCUT2D eigenvalue weighted by atomic mass is 10.0. The van der Waals surface area contributed by atoms with Crippen LogP contribution in [0.2, 0.25) is 0 Å². The van der Waals surface area contributed by atoms with Crippen LogP contribution in [0.4, 0.5) is 13.2 Å². The van der Waals surface area contributed by atoms with Crippen LogP contribution in [-0.4, -0.2) is 46.6 Å². The normalized spacial score (nSPS) is 15.9. The molecule has 1 fully saturated rings. The highest BCUT2D eigenvalue weighted by atomic mass is 32.1. The van der Waals surface area contributed by atoms with Crippen molar-refractivity contribution < 1.29 is 27.9 Å². The molecule has 8 heteroatoms. The van der Waals surface area contributed by atoms with Gasteiger partial charge in [0.2, 0.25) is 5.91 Å². The van der Waals surface area contributed by atoms with Gasteiger partial charge in [0.25, 0.3) is 0 Å². The van der Waals surface area contributed by atoms with Gasteiger partial charge < -0.3 is 14.8 Å². The van der Waals surface area contributed by atoms with Gasteiger partial charge in [0.15, 0.2) is 0 Å². The van der Waals surface area contributed by atoms with Crippen LogP contribution in [0.1, 0.15) is 110 Å². The molecule has 0 spiro atoms. The Morgan fingerprint density at radius 2 is 1.61 bits per heavy atom. The Morgan fingerprint density at radius 3 is 1.94 bits per heavy atom. The maximum atomic E-state index is 12.3. The second-order valence-corrected chi connectivity index (χ2v) is 9.30. The summed E-state index contributed by atoms with van der Waals surface area (Å²) in [6.45, 7) is 19.0. The third-order valence-corrected chi connectivity index (χ3v) is 5.32.